The second-order valence-electron chi connectivity index (χ2n) is 3.88. The first kappa shape index (κ1) is 9.90. The molecular weight excluding hydrogens is 190 g/mol. The van der Waals surface area contributed by atoms with Crippen LogP contribution in [0.2, 0.25) is 0 Å². The third kappa shape index (κ3) is 2.06. The van der Waals surface area contributed by atoms with Gasteiger partial charge >= 0.3 is 0 Å². The number of Topliss-reactive ketones (excluding diaryl/α,β-unsaturated/α-hetero) is 1. The highest BCUT2D eigenvalue weighted by Gasteiger charge is 2.22. The van der Waals surface area contributed by atoms with Gasteiger partial charge in [0.05, 0.1) is 0 Å². The van der Waals surface area contributed by atoms with Gasteiger partial charge in [-0.2, -0.15) is 0 Å². The molecule has 0 bridgehead atoms. The van der Waals surface area contributed by atoms with Crippen molar-refractivity contribution in [1.82, 2.24) is 5.32 Å². The highest BCUT2D eigenvalue weighted by atomic mass is 16.1. The minimum atomic E-state index is 0.0715. The first-order valence-electron chi connectivity index (χ1n) is 5.04. The molecule has 1 aromatic rings. The highest BCUT2D eigenvalue weighted by molar-refractivity contribution is 5.94. The van der Waals surface area contributed by atoms with Crippen molar-refractivity contribution in [3.8, 4) is 0 Å². The van der Waals surface area contributed by atoms with E-state index < -0.39 is 0 Å². The van der Waals surface area contributed by atoms with Crippen molar-refractivity contribution in [2.75, 3.05) is 6.54 Å². The Kier molecular flexibility index (Phi) is 2.54. The molecule has 0 aromatic heterocycles. The van der Waals surface area contributed by atoms with Crippen LogP contribution < -0.4 is 5.32 Å². The summed E-state index contributed by atoms with van der Waals surface area (Å²) in [6, 6.07) is 7.50. The molecule has 3 heteroatoms. The normalized spacial score (nSPS) is 20.1. The van der Waals surface area contributed by atoms with E-state index in [1.807, 2.05) is 24.3 Å². The van der Waals surface area contributed by atoms with Gasteiger partial charge in [0, 0.05) is 24.4 Å². The Morgan fingerprint density at radius 2 is 2.00 bits per heavy atom. The Bertz CT molecular complexity index is 395. The summed E-state index contributed by atoms with van der Waals surface area (Å²) in [5.74, 6) is 0.441. The van der Waals surface area contributed by atoms with Crippen LogP contribution in [0.15, 0.2) is 24.3 Å². The summed E-state index contributed by atoms with van der Waals surface area (Å²) in [5, 5.41) is 2.80. The molecule has 0 saturated carbocycles. The molecule has 78 valence electrons. The second-order valence-corrected chi connectivity index (χ2v) is 3.88. The van der Waals surface area contributed by atoms with Gasteiger partial charge in [-0.1, -0.05) is 24.3 Å². The zero-order valence-electron chi connectivity index (χ0n) is 8.62. The summed E-state index contributed by atoms with van der Waals surface area (Å²) < 4.78 is 0. The van der Waals surface area contributed by atoms with E-state index in [2.05, 4.69) is 5.32 Å². The van der Waals surface area contributed by atoms with Gasteiger partial charge in [-0.05, 0) is 12.5 Å². The number of hydrogen-bond donors (Lipinski definition) is 1. The first-order valence-corrected chi connectivity index (χ1v) is 5.04. The maximum Gasteiger partial charge on any atom is 0.220 e. The van der Waals surface area contributed by atoms with Crippen LogP contribution in [0.5, 0.6) is 0 Å². The minimum Gasteiger partial charge on any atom is -0.355 e. The fourth-order valence-corrected chi connectivity index (χ4v) is 1.83. The fourth-order valence-electron chi connectivity index (χ4n) is 1.83. The van der Waals surface area contributed by atoms with Crippen LogP contribution in [-0.4, -0.2) is 18.2 Å². The van der Waals surface area contributed by atoms with E-state index in [-0.39, 0.29) is 17.6 Å². The lowest BCUT2D eigenvalue weighted by molar-refractivity contribution is -0.119. The molecule has 1 unspecified atom stereocenters. The van der Waals surface area contributed by atoms with Gasteiger partial charge in [0.2, 0.25) is 5.91 Å². The number of carbonyl (C=O) groups excluding carboxylic acids is 2. The van der Waals surface area contributed by atoms with Crippen LogP contribution >= 0.6 is 0 Å². The van der Waals surface area contributed by atoms with Gasteiger partial charge in [0.25, 0.3) is 0 Å². The number of ketones is 1. The van der Waals surface area contributed by atoms with Crippen molar-refractivity contribution in [2.45, 2.75) is 19.3 Å². The summed E-state index contributed by atoms with van der Waals surface area (Å²) in [6.07, 6.45) is 0.555. The second kappa shape index (κ2) is 3.85. The third-order valence-electron chi connectivity index (χ3n) is 2.77. The molecule has 0 radical (unpaired) electrons. The number of nitrogens with one attached hydrogen (secondary N) is 1. The van der Waals surface area contributed by atoms with Crippen LogP contribution in [0.1, 0.15) is 35.2 Å². The molecule has 2 rings (SSSR count). The SMILES string of the molecule is CC(=O)c1ccc(C2CNC(=O)C2)cc1. The van der Waals surface area contributed by atoms with Crippen molar-refractivity contribution in [3.05, 3.63) is 35.4 Å². The standard InChI is InChI=1S/C12H13NO2/c1-8(14)9-2-4-10(5-3-9)11-6-12(15)13-7-11/h2-5,11H,6-7H2,1H3,(H,13,15). The Labute approximate surface area is 88.5 Å². The molecule has 1 N–H and O–H groups in total. The number of carbonyl (C=O) groups is 2. The van der Waals surface area contributed by atoms with Gasteiger partial charge in [-0.3, -0.25) is 9.59 Å². The average molecular weight is 203 g/mol. The number of benzene rings is 1. The molecular formula is C12H13NO2. The van der Waals surface area contributed by atoms with E-state index in [0.29, 0.717) is 13.0 Å². The molecule has 1 aromatic carbocycles. The molecule has 0 spiro atoms. The van der Waals surface area contributed by atoms with Crippen LogP contribution in [0.3, 0.4) is 0 Å². The van der Waals surface area contributed by atoms with Crippen molar-refractivity contribution >= 4 is 11.7 Å². The third-order valence-corrected chi connectivity index (χ3v) is 2.77. The van der Waals surface area contributed by atoms with E-state index in [1.165, 1.54) is 0 Å². The lowest BCUT2D eigenvalue weighted by Crippen LogP contribution is -2.13. The monoisotopic (exact) mass is 203 g/mol. The first-order chi connectivity index (χ1) is 7.16. The van der Waals surface area contributed by atoms with E-state index in [4.69, 9.17) is 0 Å². The molecule has 0 aliphatic carbocycles. The van der Waals surface area contributed by atoms with Crippen molar-refractivity contribution in [1.29, 1.82) is 0 Å². The van der Waals surface area contributed by atoms with Gasteiger partial charge in [-0.15, -0.1) is 0 Å². The molecule has 3 nitrogen and oxygen atoms in total. The van der Waals surface area contributed by atoms with Crippen molar-refractivity contribution in [2.24, 2.45) is 0 Å². The lowest BCUT2D eigenvalue weighted by atomic mass is 9.97. The van der Waals surface area contributed by atoms with E-state index in [9.17, 15) is 9.59 Å². The van der Waals surface area contributed by atoms with Crippen LogP contribution in [0.4, 0.5) is 0 Å². The van der Waals surface area contributed by atoms with Gasteiger partial charge in [-0.25, -0.2) is 0 Å². The molecule has 1 saturated heterocycles. The summed E-state index contributed by atoms with van der Waals surface area (Å²) in [4.78, 5) is 22.1. The number of hydrogen-bond acceptors (Lipinski definition) is 2. The fraction of sp³-hybridized carbons (Fsp3) is 0.333. The Balaban J connectivity index is 2.17. The highest BCUT2D eigenvalue weighted by Crippen LogP contribution is 2.23. The maximum absolute atomic E-state index is 11.1. The summed E-state index contributed by atoms with van der Waals surface area (Å²) in [6.45, 7) is 2.26. The number of rotatable bonds is 2. The maximum atomic E-state index is 11.1. The van der Waals surface area contributed by atoms with E-state index in [0.717, 1.165) is 11.1 Å². The predicted molar refractivity (Wildman–Crippen MR) is 56.8 cm³/mol. The smallest absolute Gasteiger partial charge is 0.220 e. The number of amides is 1. The molecule has 1 heterocycles. The lowest BCUT2D eigenvalue weighted by Gasteiger charge is -2.07. The molecule has 1 atom stereocenters. The van der Waals surface area contributed by atoms with Gasteiger partial charge in [0.1, 0.15) is 0 Å². The van der Waals surface area contributed by atoms with Crippen molar-refractivity contribution in [3.63, 3.8) is 0 Å². The van der Waals surface area contributed by atoms with Gasteiger partial charge in [0.15, 0.2) is 5.78 Å². The average Bonchev–Trinajstić information content (AvgIpc) is 2.65. The molecule has 1 aliphatic heterocycles. The van der Waals surface area contributed by atoms with Gasteiger partial charge < -0.3 is 5.32 Å². The molecule has 1 amide bonds. The van der Waals surface area contributed by atoms with E-state index in [1.54, 1.807) is 6.92 Å². The summed E-state index contributed by atoms with van der Waals surface area (Å²) in [7, 11) is 0. The summed E-state index contributed by atoms with van der Waals surface area (Å²) >= 11 is 0. The van der Waals surface area contributed by atoms with E-state index >= 15 is 0 Å². The van der Waals surface area contributed by atoms with Crippen LogP contribution in [0.25, 0.3) is 0 Å². The predicted octanol–water partition coefficient (Wildman–Crippen LogP) is 1.49. The molecule has 15 heavy (non-hydrogen) atoms. The van der Waals surface area contributed by atoms with Crippen LogP contribution in [0, 0.1) is 0 Å². The zero-order valence-corrected chi connectivity index (χ0v) is 8.62. The topological polar surface area (TPSA) is 46.2 Å². The molecule has 1 fully saturated rings. The minimum absolute atomic E-state index is 0.0715. The van der Waals surface area contributed by atoms with Crippen LogP contribution in [-0.2, 0) is 4.79 Å². The Morgan fingerprint density at radius 3 is 2.47 bits per heavy atom. The largest absolute Gasteiger partial charge is 0.355 e. The zero-order chi connectivity index (χ0) is 10.8. The Hall–Kier alpha value is -1.64. The quantitative estimate of drug-likeness (QED) is 0.740. The molecule has 1 aliphatic rings. The van der Waals surface area contributed by atoms with Crippen molar-refractivity contribution < 1.29 is 9.59 Å². The summed E-state index contributed by atoms with van der Waals surface area (Å²) in [5.41, 5.74) is 1.84. The Morgan fingerprint density at radius 1 is 1.33 bits per heavy atom.